The second-order valence-electron chi connectivity index (χ2n) is 28.1. The Morgan fingerprint density at radius 3 is 1.18 bits per heavy atom. The topological polar surface area (TPSA) is 11.4 Å². The van der Waals surface area contributed by atoms with Crippen LogP contribution in [0.2, 0.25) is 0 Å². The van der Waals surface area contributed by atoms with Crippen molar-refractivity contribution in [1.82, 2.24) is 4.57 Å². The van der Waals surface area contributed by atoms with Gasteiger partial charge in [0.2, 0.25) is 0 Å². The molecule has 1 aromatic heterocycles. The molecule has 3 aliphatic rings. The van der Waals surface area contributed by atoms with Crippen molar-refractivity contribution in [3.63, 3.8) is 0 Å². The SMILES string of the molecule is [2H]c1c([2H])c([2H])c(-c2c([2H])c([2H])c([2H])c(-c3c([2H])c([2H])c([2H])c([2H])c3[2H])c2N2c3cc(C4c5ccccc5Cc5ccccc54)ccc3B3c4ccc(-n5c6ccc(C(C)(C)C)cc6c6cc(C(C)(C)C)ccc65)cc4N(c4c(-c5c([2H])c([2H])c([2H])c([2H])c5[2H])c([2H])c([2H])c([2H])c4-c4c([2H])c([2H])c([2H])c([2H])c4[2H])c4cc(C(C)(C)C)cc2c43)c([2H])c1[2H]. The summed E-state index contributed by atoms with van der Waals surface area (Å²) in [6, 6.07) is 20.3. The Bertz CT molecular complexity index is 6620. The molecule has 0 atom stereocenters. The van der Waals surface area contributed by atoms with E-state index in [0.717, 1.165) is 55.2 Å². The van der Waals surface area contributed by atoms with Crippen LogP contribution in [0.15, 0.2) is 291 Å². The summed E-state index contributed by atoms with van der Waals surface area (Å²) in [5.41, 5.74) is 2.14. The van der Waals surface area contributed by atoms with E-state index in [4.69, 9.17) is 5.48 Å². The number of anilines is 6. The largest absolute Gasteiger partial charge is 0.310 e. The first-order valence-corrected chi connectivity index (χ1v) is 32.2. The second kappa shape index (κ2) is 22.5. The van der Waals surface area contributed by atoms with E-state index in [0.29, 0.717) is 34.2 Å². The highest BCUT2D eigenvalue weighted by atomic mass is 15.2. The van der Waals surface area contributed by atoms with E-state index >= 15 is 0 Å². The van der Waals surface area contributed by atoms with Gasteiger partial charge in [0.15, 0.2) is 0 Å². The Labute approximate surface area is 603 Å². The van der Waals surface area contributed by atoms with Crippen LogP contribution in [0.1, 0.15) is 148 Å². The van der Waals surface area contributed by atoms with Crippen LogP contribution < -0.4 is 26.2 Å². The lowest BCUT2D eigenvalue weighted by molar-refractivity contribution is 0.590. The summed E-state index contributed by atoms with van der Waals surface area (Å²) in [5, 5.41) is 1.76. The molecule has 0 unspecified atom stereocenters. The number of rotatable bonds is 8. The lowest BCUT2D eigenvalue weighted by Gasteiger charge is -2.46. The monoisotopic (exact) mass is 1260 g/mol. The molecular weight excluding hydrogens is 1160 g/mol. The van der Waals surface area contributed by atoms with E-state index in [1.165, 1.54) is 0 Å². The summed E-state index contributed by atoms with van der Waals surface area (Å²) in [6.45, 7) is 17.2. The first kappa shape index (κ1) is 37.4. The quantitative estimate of drug-likeness (QED) is 0.141. The molecule has 4 heteroatoms. The number of nitrogens with zero attached hydrogens (tertiary/aromatic N) is 3. The first-order chi connectivity index (χ1) is 57.3. The van der Waals surface area contributed by atoms with Crippen molar-refractivity contribution in [2.75, 3.05) is 9.80 Å². The van der Waals surface area contributed by atoms with E-state index in [1.54, 1.807) is 21.9 Å². The number of benzene rings is 13. The molecule has 0 N–H and O–H groups in total. The number of hydrogen-bond acceptors (Lipinski definition) is 2. The third-order valence-electron chi connectivity index (χ3n) is 19.3. The van der Waals surface area contributed by atoms with Gasteiger partial charge in [-0.1, -0.05) is 298 Å². The number of aromatic nitrogens is 1. The zero-order valence-corrected chi connectivity index (χ0v) is 54.4. The Morgan fingerprint density at radius 2 is 0.760 bits per heavy atom. The summed E-state index contributed by atoms with van der Waals surface area (Å²) in [5.74, 6) is -0.587. The van der Waals surface area contributed by atoms with Gasteiger partial charge in [-0.05, 0) is 160 Å². The Hall–Kier alpha value is -10.7. The van der Waals surface area contributed by atoms with Gasteiger partial charge in [0.1, 0.15) is 0 Å². The smallest absolute Gasteiger partial charge is 0.252 e. The van der Waals surface area contributed by atoms with Crippen LogP contribution in [0.3, 0.4) is 0 Å². The Morgan fingerprint density at radius 1 is 0.365 bits per heavy atom. The van der Waals surface area contributed by atoms with Crippen LogP contribution in [0.25, 0.3) is 72.0 Å². The van der Waals surface area contributed by atoms with Crippen molar-refractivity contribution in [2.45, 2.75) is 90.9 Å². The molecular formula is C92H78BN3. The maximum atomic E-state index is 10.5. The van der Waals surface area contributed by atoms with Crippen LogP contribution in [0, 0.1) is 0 Å². The Kier molecular flexibility index (Phi) is 8.77. The maximum absolute atomic E-state index is 10.5. The van der Waals surface area contributed by atoms with Gasteiger partial charge in [0, 0.05) is 67.4 Å². The van der Waals surface area contributed by atoms with Crippen LogP contribution in [-0.4, -0.2) is 11.3 Å². The molecule has 0 saturated heterocycles. The van der Waals surface area contributed by atoms with Gasteiger partial charge in [-0.25, -0.2) is 0 Å². The molecule has 2 aliphatic heterocycles. The van der Waals surface area contributed by atoms with Gasteiger partial charge < -0.3 is 14.4 Å². The van der Waals surface area contributed by atoms with Gasteiger partial charge >= 0.3 is 0 Å². The highest BCUT2D eigenvalue weighted by molar-refractivity contribution is 7.00. The van der Waals surface area contributed by atoms with Crippen molar-refractivity contribution >= 4 is 79.0 Å². The van der Waals surface area contributed by atoms with Crippen molar-refractivity contribution in [3.05, 3.63) is 335 Å². The molecule has 17 rings (SSSR count). The van der Waals surface area contributed by atoms with Crippen molar-refractivity contribution in [2.24, 2.45) is 0 Å². The molecule has 0 spiro atoms. The summed E-state index contributed by atoms with van der Waals surface area (Å²) < 4.78 is 255. The van der Waals surface area contributed by atoms with Crippen LogP contribution in [-0.2, 0) is 22.7 Å². The fraction of sp³-hybridized carbons (Fsp3) is 0.152. The average molecular weight is 1260 g/mol. The maximum Gasteiger partial charge on any atom is 0.252 e. The molecule has 0 bridgehead atoms. The van der Waals surface area contributed by atoms with Crippen LogP contribution in [0.5, 0.6) is 0 Å². The minimum atomic E-state index is -1.16. The third kappa shape index (κ3) is 9.70. The van der Waals surface area contributed by atoms with Gasteiger partial charge in [-0.3, -0.25) is 0 Å². The minimum Gasteiger partial charge on any atom is -0.310 e. The van der Waals surface area contributed by atoms with Gasteiger partial charge in [-0.2, -0.15) is 0 Å². The fourth-order valence-electron chi connectivity index (χ4n) is 14.6. The zero-order chi connectivity index (χ0) is 88.0. The highest BCUT2D eigenvalue weighted by Crippen LogP contribution is 2.55. The lowest BCUT2D eigenvalue weighted by atomic mass is 9.33. The standard InChI is InChI=1S/C92H78BN3/c1-90(2,3)66-45-50-80-76(54-66)77-55-67(91(4,5)6)46-51-81(77)94(80)69-47-49-79-83(58-69)96(89-74(61-32-18-12-19-33-61)42-27-43-75(89)62-34-20-13-21-35-62)85-57-68(92(7,8)9)56-84-87(85)93(79)78-48-44-65(86-70-38-24-22-36-63(70)52-64-37-23-25-39-71(64)86)53-82(78)95(84)88-72(59-28-14-10-15-29-59)40-26-41-73(88)60-30-16-11-17-31-60/h10-51,53-58,86H,52H2,1-9H3/i10D,11D,12D,13D,14D,15D,16D,17D,18D,19D,20D,21D,26D,27D,28D,29D,30D,31D,32D,33D,34D,35D,40D,41D,42D,43D. The van der Waals surface area contributed by atoms with Crippen LogP contribution in [0.4, 0.5) is 34.1 Å². The third-order valence-corrected chi connectivity index (χ3v) is 19.3. The van der Waals surface area contributed by atoms with E-state index in [-0.39, 0.29) is 39.0 Å². The summed E-state index contributed by atoms with van der Waals surface area (Å²) in [7, 11) is 0. The molecule has 0 amide bonds. The molecule has 1 aliphatic carbocycles. The lowest BCUT2D eigenvalue weighted by Crippen LogP contribution is -2.61. The fourth-order valence-corrected chi connectivity index (χ4v) is 14.6. The zero-order valence-electron chi connectivity index (χ0n) is 80.4. The molecule has 0 radical (unpaired) electrons. The molecule has 464 valence electrons. The normalized spacial score (nSPS) is 17.3. The van der Waals surface area contributed by atoms with Gasteiger partial charge in [0.05, 0.1) is 58.0 Å². The first-order valence-electron chi connectivity index (χ1n) is 45.2. The second-order valence-corrected chi connectivity index (χ2v) is 28.1. The minimum absolute atomic E-state index is 0.0329. The molecule has 0 fully saturated rings. The highest BCUT2D eigenvalue weighted by Gasteiger charge is 2.46. The molecule has 0 saturated carbocycles. The number of fused-ring (bicyclic) bond motifs is 9. The van der Waals surface area contributed by atoms with Crippen molar-refractivity contribution < 1.29 is 35.6 Å². The summed E-state index contributed by atoms with van der Waals surface area (Å²) >= 11 is 0. The van der Waals surface area contributed by atoms with E-state index in [2.05, 4.69) is 70.4 Å². The van der Waals surface area contributed by atoms with Crippen LogP contribution >= 0.6 is 0 Å². The van der Waals surface area contributed by atoms with Crippen molar-refractivity contribution in [3.8, 4) is 50.2 Å². The van der Waals surface area contributed by atoms with Gasteiger partial charge in [-0.15, -0.1) is 0 Å². The molecule has 14 aromatic rings. The van der Waals surface area contributed by atoms with Gasteiger partial charge in [0.25, 0.3) is 6.71 Å². The molecule has 13 aromatic carbocycles. The number of hydrogen-bond donors (Lipinski definition) is 0. The van der Waals surface area contributed by atoms with E-state index < -0.39 is 231 Å². The molecule has 3 nitrogen and oxygen atoms in total. The van der Waals surface area contributed by atoms with E-state index in [9.17, 15) is 30.2 Å². The Balaban J connectivity index is 1.15. The van der Waals surface area contributed by atoms with E-state index in [1.807, 2.05) is 118 Å². The predicted molar refractivity (Wildman–Crippen MR) is 409 cm³/mol. The molecule has 96 heavy (non-hydrogen) atoms. The average Bonchev–Trinajstić information content (AvgIpc) is 0.700. The van der Waals surface area contributed by atoms with Crippen molar-refractivity contribution in [1.29, 1.82) is 0 Å². The summed E-state index contributed by atoms with van der Waals surface area (Å²) in [6.07, 6.45) is 0.554. The summed E-state index contributed by atoms with van der Waals surface area (Å²) in [4.78, 5) is 3.14. The number of para-hydroxylation sites is 2. The predicted octanol–water partition coefficient (Wildman–Crippen LogP) is 22.5. The molecule has 3 heterocycles.